The molecule has 0 bridgehead atoms. The Morgan fingerprint density at radius 3 is 1.83 bits per heavy atom. The van der Waals surface area contributed by atoms with Crippen LogP contribution in [-0.2, 0) is 4.79 Å². The lowest BCUT2D eigenvalue weighted by atomic mass is 10.9. The van der Waals surface area contributed by atoms with E-state index in [0.717, 1.165) is 6.92 Å². The summed E-state index contributed by atoms with van der Waals surface area (Å²) in [5.74, 6) is 1.17. The zero-order valence-corrected chi connectivity index (χ0v) is 3.47. The summed E-state index contributed by atoms with van der Waals surface area (Å²) in [7, 11) is 0. The largest absolute Gasteiger partial charge is 0.550 e. The van der Waals surface area contributed by atoms with Crippen LogP contribution in [0, 0.1) is 0 Å². The van der Waals surface area contributed by atoms with Crippen LogP contribution in [0.15, 0.2) is 0 Å². The molecule has 0 aromatic rings. The minimum Gasteiger partial charge on any atom is -0.550 e. The van der Waals surface area contributed by atoms with Crippen LogP contribution in [0.5, 0.6) is 0 Å². The van der Waals surface area contributed by atoms with Crippen LogP contribution in [0.3, 0.4) is 0 Å². The summed E-state index contributed by atoms with van der Waals surface area (Å²) >= 11 is 0. The molecule has 0 aliphatic heterocycles. The molecule has 0 fully saturated rings. The summed E-state index contributed by atoms with van der Waals surface area (Å²) in [5.41, 5.74) is 0. The summed E-state index contributed by atoms with van der Waals surface area (Å²) in [6.07, 6.45) is 0. The van der Waals surface area contributed by atoms with Gasteiger partial charge in [-0.15, -0.1) is 0 Å². The molecular formula is C2H7NO3. The monoisotopic (exact) mass is 93.0 g/mol. The number of carboxylic acids is 1. The van der Waals surface area contributed by atoms with Gasteiger partial charge in [-0.1, -0.05) is 0 Å². The van der Waals surface area contributed by atoms with Crippen LogP contribution in [0.2, 0.25) is 0 Å². The topological polar surface area (TPSA) is 88.0 Å². The van der Waals surface area contributed by atoms with Crippen LogP contribution in [0.4, 0.5) is 0 Å². The van der Waals surface area contributed by atoms with E-state index in [1.165, 1.54) is 0 Å². The number of carboxylic acid groups (broad SMARTS) is 1. The fraction of sp³-hybridized carbons (Fsp3) is 0.500. The number of hydrogen-bond acceptors (Lipinski definition) is 3. The summed E-state index contributed by atoms with van der Waals surface area (Å²) in [5, 5.41) is 15.6. The van der Waals surface area contributed by atoms with Crippen molar-refractivity contribution in [2.75, 3.05) is 0 Å². The second-order valence-electron chi connectivity index (χ2n) is 0.492. The Morgan fingerprint density at radius 2 is 1.83 bits per heavy atom. The van der Waals surface area contributed by atoms with Gasteiger partial charge in [-0.05, 0) is 6.92 Å². The van der Waals surface area contributed by atoms with Gasteiger partial charge in [0.15, 0.2) is 0 Å². The van der Waals surface area contributed by atoms with Gasteiger partial charge >= 0.3 is 0 Å². The predicted molar refractivity (Wildman–Crippen MR) is 15.4 cm³/mol. The third-order valence-corrected chi connectivity index (χ3v) is 0. The molecular weight excluding hydrogens is 86.0 g/mol. The van der Waals surface area contributed by atoms with Crippen LogP contribution >= 0.6 is 0 Å². The summed E-state index contributed by atoms with van der Waals surface area (Å²) in [4.78, 5) is 8.89. The number of carbonyl (C=O) groups is 1. The van der Waals surface area contributed by atoms with Crippen LogP contribution in [-0.4, -0.2) is 11.2 Å². The van der Waals surface area contributed by atoms with E-state index in [2.05, 4.69) is 5.90 Å². The van der Waals surface area contributed by atoms with E-state index in [1.807, 2.05) is 0 Å². The van der Waals surface area contributed by atoms with Crippen molar-refractivity contribution in [1.82, 2.24) is 0 Å². The van der Waals surface area contributed by atoms with Gasteiger partial charge in [0.25, 0.3) is 0 Å². The average Bonchev–Trinajstić information content (AvgIpc) is 1.41. The van der Waals surface area contributed by atoms with Crippen molar-refractivity contribution in [2.45, 2.75) is 6.92 Å². The second kappa shape index (κ2) is 8.83. The fourth-order valence-electron chi connectivity index (χ4n) is 0. The molecule has 0 unspecified atom stereocenters. The van der Waals surface area contributed by atoms with Crippen LogP contribution in [0.25, 0.3) is 0 Å². The molecule has 4 nitrogen and oxygen atoms in total. The van der Waals surface area contributed by atoms with E-state index in [4.69, 9.17) is 15.1 Å². The molecule has 0 atom stereocenters. The van der Waals surface area contributed by atoms with E-state index in [-0.39, 0.29) is 0 Å². The molecule has 0 saturated heterocycles. The highest BCUT2D eigenvalue weighted by atomic mass is 16.4. The number of rotatable bonds is 0. The molecule has 0 radical (unpaired) electrons. The lowest BCUT2D eigenvalue weighted by molar-refractivity contribution is -0.670. The van der Waals surface area contributed by atoms with Gasteiger partial charge in [-0.3, -0.25) is 0 Å². The van der Waals surface area contributed by atoms with Crippen molar-refractivity contribution in [3.63, 3.8) is 0 Å². The Bertz CT molecular complexity index is 31.8. The average molecular weight is 93.1 g/mol. The van der Waals surface area contributed by atoms with E-state index >= 15 is 0 Å². The first-order valence-corrected chi connectivity index (χ1v) is 1.22. The number of aliphatic carboxylic acids is 1. The first-order valence-electron chi connectivity index (χ1n) is 1.22. The maximum absolute atomic E-state index is 8.89. The molecule has 0 heterocycles. The van der Waals surface area contributed by atoms with E-state index in [1.54, 1.807) is 0 Å². The van der Waals surface area contributed by atoms with Crippen molar-refractivity contribution >= 4 is 5.97 Å². The first-order chi connectivity index (χ1) is 2.73. The van der Waals surface area contributed by atoms with Gasteiger partial charge in [0.2, 0.25) is 0 Å². The van der Waals surface area contributed by atoms with Crippen molar-refractivity contribution in [2.24, 2.45) is 0 Å². The van der Waals surface area contributed by atoms with E-state index in [0.29, 0.717) is 0 Å². The molecule has 0 saturated carbocycles. The third kappa shape index (κ3) is 52.0. The predicted octanol–water partition coefficient (Wildman–Crippen LogP) is -2.63. The Balaban J connectivity index is 0. The molecule has 0 aromatic carbocycles. The van der Waals surface area contributed by atoms with Gasteiger partial charge in [-0.2, -0.15) is 0 Å². The summed E-state index contributed by atoms with van der Waals surface area (Å²) < 4.78 is 0. The van der Waals surface area contributed by atoms with Gasteiger partial charge in [0.05, 0.1) is 0 Å². The third-order valence-electron chi connectivity index (χ3n) is 0. The highest BCUT2D eigenvalue weighted by Crippen LogP contribution is 1.31. The van der Waals surface area contributed by atoms with Crippen molar-refractivity contribution in [1.29, 1.82) is 0 Å². The van der Waals surface area contributed by atoms with Crippen molar-refractivity contribution in [3.05, 3.63) is 0 Å². The molecule has 0 aliphatic carbocycles. The fourth-order valence-corrected chi connectivity index (χ4v) is 0. The first kappa shape index (κ1) is 9.04. The minimum absolute atomic E-state index is 0.972. The maximum atomic E-state index is 8.89. The van der Waals surface area contributed by atoms with Gasteiger partial charge in [-0.25, -0.2) is 11.1 Å². The van der Waals surface area contributed by atoms with E-state index < -0.39 is 5.97 Å². The van der Waals surface area contributed by atoms with Gasteiger partial charge < -0.3 is 9.90 Å². The normalized spacial score (nSPS) is 5.17. The standard InChI is InChI=1S/C2H4O2.H4NO/c1-2(3)4;1-2/h1H3,(H,3,4);2H,1H3/q;+1/p-1. The molecule has 0 aromatic heterocycles. The Kier molecular flexibility index (Phi) is 13.3. The second-order valence-corrected chi connectivity index (χ2v) is 0.492. The zero-order valence-electron chi connectivity index (χ0n) is 3.47. The molecule has 0 spiro atoms. The minimum atomic E-state index is -1.08. The number of quaternary nitrogens is 1. The van der Waals surface area contributed by atoms with Crippen LogP contribution in [0.1, 0.15) is 6.92 Å². The highest BCUT2D eigenvalue weighted by molar-refractivity contribution is 5.60. The Hall–Kier alpha value is -0.610. The molecule has 4 heteroatoms. The molecule has 0 aliphatic rings. The Morgan fingerprint density at radius 1 is 1.83 bits per heavy atom. The van der Waals surface area contributed by atoms with Gasteiger partial charge in [0, 0.05) is 5.97 Å². The number of hydrogen-bond donors (Lipinski definition) is 2. The number of carbonyl (C=O) groups excluding carboxylic acids is 1. The summed E-state index contributed by atoms with van der Waals surface area (Å²) in [6, 6.07) is 0. The smallest absolute Gasteiger partial charge is 0.0383 e. The Labute approximate surface area is 35.2 Å². The maximum Gasteiger partial charge on any atom is 0.0383 e. The van der Waals surface area contributed by atoms with Crippen LogP contribution < -0.4 is 11.0 Å². The molecule has 0 rings (SSSR count). The highest BCUT2D eigenvalue weighted by Gasteiger charge is 1.46. The van der Waals surface area contributed by atoms with E-state index in [9.17, 15) is 0 Å². The quantitative estimate of drug-likeness (QED) is 0.321. The van der Waals surface area contributed by atoms with Gasteiger partial charge in [0.1, 0.15) is 0 Å². The SMILES string of the molecule is CC(=O)[O-].[NH3+]O. The lowest BCUT2D eigenvalue weighted by Gasteiger charge is -1.77. The molecule has 0 amide bonds. The summed E-state index contributed by atoms with van der Waals surface area (Å²) in [6.45, 7) is 0.972. The molecule has 6 heavy (non-hydrogen) atoms. The van der Waals surface area contributed by atoms with Crippen molar-refractivity contribution in [3.8, 4) is 0 Å². The molecule has 38 valence electrons. The zero-order chi connectivity index (χ0) is 5.58. The molecule has 4 N–H and O–H groups in total. The van der Waals surface area contributed by atoms with Crippen molar-refractivity contribution < 1.29 is 21.0 Å². The lowest BCUT2D eigenvalue weighted by Crippen LogP contribution is -2.42.